The summed E-state index contributed by atoms with van der Waals surface area (Å²) < 4.78 is 12.5. The average molecular weight is 807 g/mol. The van der Waals surface area contributed by atoms with Crippen LogP contribution in [-0.2, 0) is 16.1 Å². The van der Waals surface area contributed by atoms with Crippen LogP contribution < -0.4 is 25.0 Å². The molecule has 0 aromatic heterocycles. The SMILES string of the molecule is [C-]#[N+]c1ccc(OC2C(C)(C)C(NC(=O)c3ccc(N4CCC(CN5CCOc6cc7c(cc6C5)C(=O)N(C5CCC(=O)NC5=O)C7=O)CC4)cc3)C2(C)C)cc1Cl. The van der Waals surface area contributed by atoms with E-state index in [1.54, 1.807) is 30.3 Å². The lowest BCUT2D eigenvalue weighted by atomic mass is 9.49. The third-order valence-corrected chi connectivity index (χ3v) is 13.0. The average Bonchev–Trinajstić information content (AvgIpc) is 3.30. The fourth-order valence-corrected chi connectivity index (χ4v) is 10.1. The molecule has 58 heavy (non-hydrogen) atoms. The van der Waals surface area contributed by atoms with Gasteiger partial charge in [0.2, 0.25) is 17.5 Å². The first-order valence-corrected chi connectivity index (χ1v) is 20.3. The summed E-state index contributed by atoms with van der Waals surface area (Å²) in [6.07, 6.45) is 1.98. The molecule has 2 saturated heterocycles. The van der Waals surface area contributed by atoms with Gasteiger partial charge < -0.3 is 19.7 Å². The standard InChI is InChI=1S/C44H47ClN6O7/c1-43(2)41(44(3,4)42(43)58-29-10-11-33(46-5)32(45)21-29)48-37(53)26-6-8-28(9-7-26)50-16-14-25(15-17-50)23-49-18-19-57-35-22-31-30(20-27(35)24-49)39(55)51(40(31)56)34-12-13-36(52)47-38(34)54/h6-11,20-22,25,34,41-42H,12-19,23-24H2,1-4H3,(H,48,53)(H,47,52,54). The highest BCUT2D eigenvalue weighted by Crippen LogP contribution is 2.56. The van der Waals surface area contributed by atoms with Gasteiger partial charge in [0.1, 0.15) is 30.3 Å². The number of halogens is 1. The molecule has 4 aliphatic heterocycles. The van der Waals surface area contributed by atoms with Crippen LogP contribution in [0.25, 0.3) is 4.85 Å². The Kier molecular flexibility index (Phi) is 10.2. The number of benzene rings is 3. The molecule has 1 unspecified atom stereocenters. The number of ether oxygens (including phenoxy) is 2. The minimum atomic E-state index is -1.01. The van der Waals surface area contributed by atoms with Gasteiger partial charge in [-0.3, -0.25) is 39.1 Å². The molecule has 0 bridgehead atoms. The van der Waals surface area contributed by atoms with Crippen LogP contribution in [0.3, 0.4) is 0 Å². The first kappa shape index (κ1) is 39.4. The van der Waals surface area contributed by atoms with Crippen molar-refractivity contribution in [3.05, 3.63) is 93.3 Å². The Morgan fingerprint density at radius 3 is 2.29 bits per heavy atom. The molecule has 1 atom stereocenters. The molecule has 5 aliphatic rings. The molecule has 3 fully saturated rings. The zero-order valence-corrected chi connectivity index (χ0v) is 33.9. The first-order valence-electron chi connectivity index (χ1n) is 19.9. The Morgan fingerprint density at radius 2 is 1.64 bits per heavy atom. The number of piperidine rings is 2. The molecular formula is C44H47ClN6O7. The number of fused-ring (bicyclic) bond motifs is 2. The summed E-state index contributed by atoms with van der Waals surface area (Å²) in [5.74, 6) is -0.599. The number of carbonyl (C=O) groups excluding carboxylic acids is 5. The van der Waals surface area contributed by atoms with Gasteiger partial charge in [0, 0.05) is 72.8 Å². The number of nitrogens with one attached hydrogen (secondary N) is 2. The molecule has 0 radical (unpaired) electrons. The summed E-state index contributed by atoms with van der Waals surface area (Å²) in [5, 5.41) is 5.87. The second-order valence-electron chi connectivity index (χ2n) is 17.3. The summed E-state index contributed by atoms with van der Waals surface area (Å²) in [5.41, 5.74) is 2.64. The molecule has 4 heterocycles. The maximum Gasteiger partial charge on any atom is 0.262 e. The van der Waals surface area contributed by atoms with Crippen molar-refractivity contribution in [2.24, 2.45) is 16.7 Å². The Bertz CT molecular complexity index is 2230. The van der Waals surface area contributed by atoms with Crippen LogP contribution in [0.1, 0.15) is 90.0 Å². The van der Waals surface area contributed by atoms with Crippen LogP contribution in [0.2, 0.25) is 5.02 Å². The summed E-state index contributed by atoms with van der Waals surface area (Å²) in [4.78, 5) is 73.6. The van der Waals surface area contributed by atoms with E-state index in [0.29, 0.717) is 53.4 Å². The van der Waals surface area contributed by atoms with Crippen molar-refractivity contribution in [2.75, 3.05) is 37.7 Å². The lowest BCUT2D eigenvalue weighted by molar-refractivity contribution is -0.164. The molecular weight excluding hydrogens is 760 g/mol. The second kappa shape index (κ2) is 15.1. The van der Waals surface area contributed by atoms with E-state index in [2.05, 4.69) is 53.0 Å². The van der Waals surface area contributed by atoms with E-state index in [1.807, 2.05) is 24.3 Å². The van der Waals surface area contributed by atoms with Gasteiger partial charge in [-0.25, -0.2) is 4.85 Å². The lowest BCUT2D eigenvalue weighted by Gasteiger charge is -2.63. The zero-order chi connectivity index (χ0) is 41.1. The molecule has 13 nitrogen and oxygen atoms in total. The number of hydrogen-bond acceptors (Lipinski definition) is 9. The van der Waals surface area contributed by atoms with E-state index >= 15 is 0 Å². The highest BCUT2D eigenvalue weighted by Gasteiger charge is 2.64. The molecule has 2 N–H and O–H groups in total. The van der Waals surface area contributed by atoms with E-state index in [0.717, 1.165) is 48.6 Å². The molecule has 0 spiro atoms. The summed E-state index contributed by atoms with van der Waals surface area (Å²) in [6.45, 7) is 20.0. The minimum Gasteiger partial charge on any atom is -0.492 e. The van der Waals surface area contributed by atoms with Crippen molar-refractivity contribution in [3.8, 4) is 11.5 Å². The minimum absolute atomic E-state index is 0.0695. The van der Waals surface area contributed by atoms with Gasteiger partial charge in [0.05, 0.1) is 22.7 Å². The van der Waals surface area contributed by atoms with E-state index in [4.69, 9.17) is 27.6 Å². The van der Waals surface area contributed by atoms with Crippen LogP contribution in [0.5, 0.6) is 11.5 Å². The van der Waals surface area contributed by atoms with E-state index in [-0.39, 0.29) is 52.9 Å². The first-order chi connectivity index (χ1) is 27.6. The third-order valence-electron chi connectivity index (χ3n) is 12.7. The number of amides is 5. The van der Waals surface area contributed by atoms with E-state index in [9.17, 15) is 24.0 Å². The van der Waals surface area contributed by atoms with Gasteiger partial charge in [-0.1, -0.05) is 45.4 Å². The quantitative estimate of drug-likeness (QED) is 0.207. The molecule has 1 aliphatic carbocycles. The van der Waals surface area contributed by atoms with Crippen molar-refractivity contribution in [2.45, 2.75) is 78.1 Å². The van der Waals surface area contributed by atoms with Crippen molar-refractivity contribution >= 4 is 52.5 Å². The normalized spacial score (nSPS) is 24.1. The van der Waals surface area contributed by atoms with E-state index in [1.165, 1.54) is 0 Å². The Hall–Kier alpha value is -5.45. The smallest absolute Gasteiger partial charge is 0.262 e. The molecule has 14 heteroatoms. The molecule has 302 valence electrons. The summed E-state index contributed by atoms with van der Waals surface area (Å²) >= 11 is 6.26. The molecule has 5 amide bonds. The monoisotopic (exact) mass is 806 g/mol. The predicted molar refractivity (Wildman–Crippen MR) is 216 cm³/mol. The van der Waals surface area contributed by atoms with Crippen LogP contribution >= 0.6 is 11.6 Å². The van der Waals surface area contributed by atoms with Crippen molar-refractivity contribution in [1.82, 2.24) is 20.4 Å². The van der Waals surface area contributed by atoms with Crippen LogP contribution in [0.15, 0.2) is 54.6 Å². The molecule has 3 aromatic rings. The van der Waals surface area contributed by atoms with Crippen molar-refractivity contribution in [3.63, 3.8) is 0 Å². The van der Waals surface area contributed by atoms with Gasteiger partial charge in [-0.05, 0) is 73.7 Å². The van der Waals surface area contributed by atoms with Crippen LogP contribution in [0.4, 0.5) is 11.4 Å². The summed E-state index contributed by atoms with van der Waals surface area (Å²) in [7, 11) is 0. The fourth-order valence-electron chi connectivity index (χ4n) is 9.92. The lowest BCUT2D eigenvalue weighted by Crippen LogP contribution is -2.74. The Labute approximate surface area is 342 Å². The van der Waals surface area contributed by atoms with Gasteiger partial charge in [-0.2, -0.15) is 0 Å². The topological polar surface area (TPSA) is 142 Å². The number of nitrogens with zero attached hydrogens (tertiary/aromatic N) is 4. The van der Waals surface area contributed by atoms with E-state index < -0.39 is 29.7 Å². The second-order valence-corrected chi connectivity index (χ2v) is 17.7. The molecule has 3 aromatic carbocycles. The Balaban J connectivity index is 0.839. The highest BCUT2D eigenvalue weighted by molar-refractivity contribution is 6.33. The van der Waals surface area contributed by atoms with Crippen molar-refractivity contribution in [1.29, 1.82) is 0 Å². The van der Waals surface area contributed by atoms with Gasteiger partial charge in [0.25, 0.3) is 17.7 Å². The van der Waals surface area contributed by atoms with Crippen LogP contribution in [-0.4, -0.2) is 90.3 Å². The largest absolute Gasteiger partial charge is 0.492 e. The number of anilines is 1. The third kappa shape index (κ3) is 7.06. The number of carbonyl (C=O) groups is 5. The zero-order valence-electron chi connectivity index (χ0n) is 33.1. The van der Waals surface area contributed by atoms with Gasteiger partial charge in [-0.15, -0.1) is 0 Å². The highest BCUT2D eigenvalue weighted by atomic mass is 35.5. The van der Waals surface area contributed by atoms with Gasteiger partial charge >= 0.3 is 0 Å². The molecule has 8 rings (SSSR count). The number of rotatable bonds is 8. The van der Waals surface area contributed by atoms with Gasteiger partial charge in [0.15, 0.2) is 0 Å². The molecule has 1 saturated carbocycles. The number of hydrogen-bond donors (Lipinski definition) is 2. The Morgan fingerprint density at radius 1 is 0.948 bits per heavy atom. The maximum absolute atomic E-state index is 13.5. The van der Waals surface area contributed by atoms with Crippen molar-refractivity contribution < 1.29 is 33.4 Å². The summed E-state index contributed by atoms with van der Waals surface area (Å²) in [6, 6.07) is 15.1. The fraction of sp³-hybridized carbons (Fsp3) is 0.455. The number of imide groups is 2. The van der Waals surface area contributed by atoms with Crippen LogP contribution in [0, 0.1) is 23.3 Å². The maximum atomic E-state index is 13.5. The predicted octanol–water partition coefficient (Wildman–Crippen LogP) is 6.01.